The smallest absolute Gasteiger partial charge is 0.271 e. The minimum Gasteiger partial charge on any atom is -0.343 e. The molecule has 0 bridgehead atoms. The quantitative estimate of drug-likeness (QED) is 0.534. The molecule has 3 aromatic heterocycles. The molecule has 0 radical (unpaired) electrons. The average Bonchev–Trinajstić information content (AvgIpc) is 3.20. The van der Waals surface area contributed by atoms with Gasteiger partial charge < -0.3 is 4.98 Å². The van der Waals surface area contributed by atoms with E-state index >= 15 is 0 Å². The molecule has 1 aromatic carbocycles. The second kappa shape index (κ2) is 6.43. The molecule has 0 saturated heterocycles. The maximum atomic E-state index is 14.7. The Kier molecular flexibility index (Phi) is 4.20. The largest absolute Gasteiger partial charge is 0.343 e. The number of aromatic nitrogens is 3. The van der Waals surface area contributed by atoms with Crippen molar-refractivity contribution in [1.82, 2.24) is 15.0 Å². The first kappa shape index (κ1) is 17.6. The van der Waals surface area contributed by atoms with E-state index in [4.69, 9.17) is 0 Å². The highest BCUT2D eigenvalue weighted by Crippen LogP contribution is 2.30. The van der Waals surface area contributed by atoms with Gasteiger partial charge in [-0.1, -0.05) is 0 Å². The molecular weight excluding hydrogens is 387 g/mol. The van der Waals surface area contributed by atoms with Gasteiger partial charge in [0.2, 0.25) is 0 Å². The highest BCUT2D eigenvalue weighted by atomic mass is 32.2. The van der Waals surface area contributed by atoms with Gasteiger partial charge in [0.1, 0.15) is 22.0 Å². The predicted molar refractivity (Wildman–Crippen MR) is 104 cm³/mol. The maximum absolute atomic E-state index is 14.7. The third kappa shape index (κ3) is 3.31. The number of H-pyrrole nitrogens is 1. The van der Waals surface area contributed by atoms with Crippen molar-refractivity contribution in [3.8, 4) is 11.3 Å². The third-order valence-corrected chi connectivity index (χ3v) is 6.89. The number of hydrogen-bond donors (Lipinski definition) is 2. The molecule has 0 spiro atoms. The monoisotopic (exact) mass is 402 g/mol. The van der Waals surface area contributed by atoms with Gasteiger partial charge in [-0.05, 0) is 50.2 Å². The lowest BCUT2D eigenvalue weighted by Gasteiger charge is -2.09. The molecular formula is C18H15FN4O2S2. The number of aryl methyl sites for hydroxylation is 2. The number of hydrogen-bond acceptors (Lipinski definition) is 5. The third-order valence-electron chi connectivity index (χ3n) is 4.02. The van der Waals surface area contributed by atoms with E-state index < -0.39 is 15.8 Å². The van der Waals surface area contributed by atoms with E-state index in [1.807, 2.05) is 19.9 Å². The van der Waals surface area contributed by atoms with Crippen LogP contribution in [0.3, 0.4) is 0 Å². The highest BCUT2D eigenvalue weighted by Gasteiger charge is 2.18. The van der Waals surface area contributed by atoms with Crippen LogP contribution in [-0.2, 0) is 10.0 Å². The molecule has 4 rings (SSSR count). The van der Waals surface area contributed by atoms with Crippen molar-refractivity contribution in [2.75, 3.05) is 4.72 Å². The van der Waals surface area contributed by atoms with Crippen molar-refractivity contribution in [3.05, 3.63) is 59.1 Å². The van der Waals surface area contributed by atoms with Crippen molar-refractivity contribution >= 4 is 38.1 Å². The van der Waals surface area contributed by atoms with E-state index in [2.05, 4.69) is 19.7 Å². The van der Waals surface area contributed by atoms with Crippen LogP contribution in [0.5, 0.6) is 0 Å². The van der Waals surface area contributed by atoms with Crippen LogP contribution in [0.2, 0.25) is 0 Å². The van der Waals surface area contributed by atoms with E-state index in [1.165, 1.54) is 24.5 Å². The highest BCUT2D eigenvalue weighted by molar-refractivity contribution is 7.94. The fourth-order valence-electron chi connectivity index (χ4n) is 2.82. The summed E-state index contributed by atoms with van der Waals surface area (Å²) in [6.07, 6.45) is 1.36. The molecule has 2 N–H and O–H groups in total. The number of nitrogens with one attached hydrogen (secondary N) is 2. The molecule has 0 aliphatic heterocycles. The number of aromatic amines is 1. The lowest BCUT2D eigenvalue weighted by molar-refractivity contribution is 0.603. The summed E-state index contributed by atoms with van der Waals surface area (Å²) < 4.78 is 42.2. The van der Waals surface area contributed by atoms with Crippen LogP contribution >= 0.6 is 11.3 Å². The van der Waals surface area contributed by atoms with Gasteiger partial charge in [0.05, 0.1) is 11.4 Å². The molecule has 6 nitrogen and oxygen atoms in total. The van der Waals surface area contributed by atoms with Crippen LogP contribution in [0.15, 0.2) is 46.9 Å². The zero-order valence-electron chi connectivity index (χ0n) is 14.4. The normalized spacial score (nSPS) is 11.8. The van der Waals surface area contributed by atoms with Crippen molar-refractivity contribution in [2.24, 2.45) is 0 Å². The van der Waals surface area contributed by atoms with E-state index in [9.17, 15) is 12.8 Å². The second-order valence-electron chi connectivity index (χ2n) is 6.10. The van der Waals surface area contributed by atoms with E-state index in [-0.39, 0.29) is 15.5 Å². The SMILES string of the molecule is Cc1cc2c(-c3ccc(NS(=O)(=O)c4ccc(C)s4)cc3F)ncnc2[nH]1. The molecule has 4 aromatic rings. The Balaban J connectivity index is 1.71. The number of rotatable bonds is 4. The lowest BCUT2D eigenvalue weighted by Crippen LogP contribution is -2.11. The molecule has 0 atom stereocenters. The Morgan fingerprint density at radius 3 is 2.63 bits per heavy atom. The fraction of sp³-hybridized carbons (Fsp3) is 0.111. The van der Waals surface area contributed by atoms with Crippen LogP contribution in [0, 0.1) is 19.7 Å². The van der Waals surface area contributed by atoms with Gasteiger partial charge >= 0.3 is 0 Å². The van der Waals surface area contributed by atoms with E-state index in [0.29, 0.717) is 16.7 Å². The average molecular weight is 402 g/mol. The molecule has 0 aliphatic rings. The number of sulfonamides is 1. The second-order valence-corrected chi connectivity index (χ2v) is 9.30. The van der Waals surface area contributed by atoms with E-state index in [0.717, 1.165) is 28.0 Å². The lowest BCUT2D eigenvalue weighted by atomic mass is 10.1. The predicted octanol–water partition coefficient (Wildman–Crippen LogP) is 4.24. The number of thiophene rings is 1. The van der Waals surface area contributed by atoms with Crippen molar-refractivity contribution in [2.45, 2.75) is 18.1 Å². The van der Waals surface area contributed by atoms with Crippen LogP contribution < -0.4 is 4.72 Å². The van der Waals surface area contributed by atoms with Gasteiger partial charge in [-0.25, -0.2) is 22.8 Å². The van der Waals surface area contributed by atoms with Crippen LogP contribution in [0.4, 0.5) is 10.1 Å². The molecule has 0 amide bonds. The number of nitrogens with zero attached hydrogens (tertiary/aromatic N) is 2. The number of halogens is 1. The summed E-state index contributed by atoms with van der Waals surface area (Å²) in [5.41, 5.74) is 2.39. The zero-order chi connectivity index (χ0) is 19.2. The van der Waals surface area contributed by atoms with Crippen LogP contribution in [-0.4, -0.2) is 23.4 Å². The Bertz CT molecular complexity index is 1260. The topological polar surface area (TPSA) is 87.7 Å². The minimum atomic E-state index is -3.75. The summed E-state index contributed by atoms with van der Waals surface area (Å²) in [6, 6.07) is 9.28. The van der Waals surface area contributed by atoms with Gasteiger partial charge in [-0.2, -0.15) is 0 Å². The first-order valence-electron chi connectivity index (χ1n) is 8.03. The molecule has 138 valence electrons. The molecule has 3 heterocycles. The molecule has 0 aliphatic carbocycles. The summed E-state index contributed by atoms with van der Waals surface area (Å²) in [5, 5.41) is 0.705. The minimum absolute atomic E-state index is 0.151. The van der Waals surface area contributed by atoms with Gasteiger partial charge in [-0.3, -0.25) is 4.72 Å². The maximum Gasteiger partial charge on any atom is 0.271 e. The standard InChI is InChI=1S/C18H15FN4O2S2/c1-10-7-14-17(20-9-21-18(14)22-10)13-5-4-12(8-15(13)19)23-27(24,25)16-6-3-11(2)26-16/h3-9,23H,1-2H3,(H,20,21,22). The number of fused-ring (bicyclic) bond motifs is 1. The molecule has 9 heteroatoms. The van der Waals surface area contributed by atoms with Crippen LogP contribution in [0.25, 0.3) is 22.3 Å². The summed E-state index contributed by atoms with van der Waals surface area (Å²) in [4.78, 5) is 12.3. The summed E-state index contributed by atoms with van der Waals surface area (Å²) in [7, 11) is -3.75. The molecule has 0 saturated carbocycles. The number of benzene rings is 1. The van der Waals surface area contributed by atoms with Gasteiger partial charge in [-0.15, -0.1) is 11.3 Å². The van der Waals surface area contributed by atoms with Crippen molar-refractivity contribution in [3.63, 3.8) is 0 Å². The molecule has 0 fully saturated rings. The van der Waals surface area contributed by atoms with Gasteiger partial charge in [0, 0.05) is 21.5 Å². The van der Waals surface area contributed by atoms with E-state index in [1.54, 1.807) is 6.07 Å². The van der Waals surface area contributed by atoms with Crippen molar-refractivity contribution in [1.29, 1.82) is 0 Å². The summed E-state index contributed by atoms with van der Waals surface area (Å²) >= 11 is 1.16. The Morgan fingerprint density at radius 1 is 1.11 bits per heavy atom. The van der Waals surface area contributed by atoms with Crippen molar-refractivity contribution < 1.29 is 12.8 Å². The van der Waals surface area contributed by atoms with Gasteiger partial charge in [0.15, 0.2) is 0 Å². The molecule has 0 unspecified atom stereocenters. The Hall–Kier alpha value is -2.78. The first-order valence-corrected chi connectivity index (χ1v) is 10.3. The Labute approximate surface area is 159 Å². The zero-order valence-corrected chi connectivity index (χ0v) is 16.1. The van der Waals surface area contributed by atoms with Crippen LogP contribution in [0.1, 0.15) is 10.6 Å². The summed E-state index contributed by atoms with van der Waals surface area (Å²) in [5.74, 6) is -0.573. The number of anilines is 1. The van der Waals surface area contributed by atoms with Gasteiger partial charge in [0.25, 0.3) is 10.0 Å². The first-order chi connectivity index (χ1) is 12.8. The molecule has 27 heavy (non-hydrogen) atoms. The Morgan fingerprint density at radius 2 is 1.93 bits per heavy atom. The summed E-state index contributed by atoms with van der Waals surface area (Å²) in [6.45, 7) is 3.70. The fourth-order valence-corrected chi connectivity index (χ4v) is 5.15.